The van der Waals surface area contributed by atoms with E-state index in [0.29, 0.717) is 18.2 Å². The summed E-state index contributed by atoms with van der Waals surface area (Å²) in [4.78, 5) is 20.7. The van der Waals surface area contributed by atoms with Crippen molar-refractivity contribution >= 4 is 23.1 Å². The number of aliphatic hydroxyl groups is 1. The molecule has 0 spiro atoms. The van der Waals surface area contributed by atoms with Gasteiger partial charge < -0.3 is 19.8 Å². The molecule has 1 atom stereocenters. The van der Waals surface area contributed by atoms with E-state index in [1.54, 1.807) is 20.0 Å². The molecule has 40 heavy (non-hydrogen) atoms. The van der Waals surface area contributed by atoms with Crippen LogP contribution in [0.3, 0.4) is 0 Å². The minimum Gasteiger partial charge on any atom is -0.487 e. The molecule has 2 aromatic carbocycles. The van der Waals surface area contributed by atoms with E-state index in [4.69, 9.17) is 16.3 Å². The summed E-state index contributed by atoms with van der Waals surface area (Å²) in [6.07, 6.45) is 5.78. The maximum atomic E-state index is 11.6. The van der Waals surface area contributed by atoms with Crippen molar-refractivity contribution in [2.75, 3.05) is 26.2 Å². The van der Waals surface area contributed by atoms with Gasteiger partial charge in [0.15, 0.2) is 0 Å². The van der Waals surface area contributed by atoms with Crippen LogP contribution in [0.2, 0.25) is 5.02 Å². The Hall–Kier alpha value is -3.23. The first-order valence-electron chi connectivity index (χ1n) is 13.7. The highest BCUT2D eigenvalue weighted by Crippen LogP contribution is 2.38. The Morgan fingerprint density at radius 1 is 1.20 bits per heavy atom. The first-order valence-corrected chi connectivity index (χ1v) is 14.1. The Morgan fingerprint density at radius 2 is 2.00 bits per heavy atom. The molecule has 2 aliphatic rings. The van der Waals surface area contributed by atoms with Crippen molar-refractivity contribution in [3.05, 3.63) is 99.8 Å². The lowest BCUT2D eigenvalue weighted by molar-refractivity contribution is -0.139. The Bertz CT molecular complexity index is 1380. The third-order valence-electron chi connectivity index (χ3n) is 7.72. The second-order valence-corrected chi connectivity index (χ2v) is 11.6. The molecule has 210 valence electrons. The van der Waals surface area contributed by atoms with Gasteiger partial charge >= 0.3 is 5.97 Å². The topological polar surface area (TPSA) is 86.1 Å². The molecule has 1 saturated heterocycles. The van der Waals surface area contributed by atoms with Gasteiger partial charge in [-0.2, -0.15) is 0 Å². The van der Waals surface area contributed by atoms with Crippen molar-refractivity contribution < 1.29 is 19.7 Å². The number of nitrogens with zero attached hydrogens (tertiary/aromatic N) is 3. The molecular formula is C32H36ClN3O4. The Morgan fingerprint density at radius 3 is 2.75 bits per heavy atom. The number of rotatable bonds is 9. The average molecular weight is 562 g/mol. The number of hydrogen-bond acceptors (Lipinski definition) is 6. The standard InChI is InChI=1S/C32H36ClN3O4/c1-32(2,39)23-9-12-30-28(17-23)26(27-5-3-14-34-29(27)21-40-30)6-4-15-35-16-13-25(19-35)36(20-31(37)38)18-22-7-10-24(33)11-8-22/h3,5-12,14,17,25,39H,4,13,15-16,18-21H2,1-2H3,(H,37,38)/b26-6-. The lowest BCUT2D eigenvalue weighted by Gasteiger charge is -2.27. The van der Waals surface area contributed by atoms with Gasteiger partial charge in [0.2, 0.25) is 0 Å². The average Bonchev–Trinajstić information content (AvgIpc) is 3.33. The number of aliphatic carboxylic acids is 1. The van der Waals surface area contributed by atoms with Crippen molar-refractivity contribution in [1.82, 2.24) is 14.8 Å². The van der Waals surface area contributed by atoms with E-state index in [1.165, 1.54) is 0 Å². The molecule has 5 rings (SSSR count). The van der Waals surface area contributed by atoms with E-state index in [1.807, 2.05) is 48.5 Å². The van der Waals surface area contributed by atoms with Crippen LogP contribution >= 0.6 is 11.6 Å². The van der Waals surface area contributed by atoms with Crippen molar-refractivity contribution in [3.63, 3.8) is 0 Å². The summed E-state index contributed by atoms with van der Waals surface area (Å²) in [6.45, 7) is 7.16. The summed E-state index contributed by atoms with van der Waals surface area (Å²) in [5, 5.41) is 20.9. The highest BCUT2D eigenvalue weighted by atomic mass is 35.5. The molecule has 2 N–H and O–H groups in total. The maximum Gasteiger partial charge on any atom is 0.317 e. The van der Waals surface area contributed by atoms with Gasteiger partial charge in [0.1, 0.15) is 12.4 Å². The second kappa shape index (κ2) is 12.1. The third-order valence-corrected chi connectivity index (χ3v) is 7.97. The predicted octanol–water partition coefficient (Wildman–Crippen LogP) is 5.34. The molecule has 3 heterocycles. The lowest BCUT2D eigenvalue weighted by Crippen LogP contribution is -2.40. The van der Waals surface area contributed by atoms with E-state index in [0.717, 1.165) is 71.7 Å². The summed E-state index contributed by atoms with van der Waals surface area (Å²) in [7, 11) is 0. The zero-order valence-electron chi connectivity index (χ0n) is 23.0. The summed E-state index contributed by atoms with van der Waals surface area (Å²) < 4.78 is 6.12. The Balaban J connectivity index is 1.32. The SMILES string of the molecule is CC(C)(O)c1ccc2c(c1)/C(=C\CCN1CCC(N(CC(=O)O)Cc3ccc(Cl)cc3)C1)c1cccnc1CO2. The van der Waals surface area contributed by atoms with Crippen LogP contribution in [-0.2, 0) is 23.5 Å². The number of pyridine rings is 1. The van der Waals surface area contributed by atoms with Gasteiger partial charge in [-0.15, -0.1) is 0 Å². The Labute approximate surface area is 240 Å². The molecule has 0 radical (unpaired) electrons. The zero-order chi connectivity index (χ0) is 28.3. The summed E-state index contributed by atoms with van der Waals surface area (Å²) in [5.74, 6) is -0.0332. The van der Waals surface area contributed by atoms with Crippen molar-refractivity contribution in [3.8, 4) is 5.75 Å². The number of halogens is 1. The van der Waals surface area contributed by atoms with Gasteiger partial charge in [-0.25, -0.2) is 0 Å². The predicted molar refractivity (Wildman–Crippen MR) is 156 cm³/mol. The number of benzene rings is 2. The number of ether oxygens (including phenoxy) is 1. The van der Waals surface area contributed by atoms with Crippen LogP contribution in [0, 0.1) is 0 Å². The van der Waals surface area contributed by atoms with E-state index < -0.39 is 11.6 Å². The number of aromatic nitrogens is 1. The van der Waals surface area contributed by atoms with Gasteiger partial charge in [0.25, 0.3) is 0 Å². The molecule has 1 unspecified atom stereocenters. The summed E-state index contributed by atoms with van der Waals surface area (Å²) in [5.41, 5.74) is 4.87. The van der Waals surface area contributed by atoms with Gasteiger partial charge in [-0.05, 0) is 80.3 Å². The highest BCUT2D eigenvalue weighted by molar-refractivity contribution is 6.30. The highest BCUT2D eigenvalue weighted by Gasteiger charge is 2.29. The number of hydrogen-bond donors (Lipinski definition) is 2. The molecule has 2 aliphatic heterocycles. The fraction of sp³-hybridized carbons (Fsp3) is 0.375. The minimum atomic E-state index is -0.970. The fourth-order valence-corrected chi connectivity index (χ4v) is 5.70. The van der Waals surface area contributed by atoms with Gasteiger partial charge in [0.05, 0.1) is 17.8 Å². The molecule has 0 amide bonds. The zero-order valence-corrected chi connectivity index (χ0v) is 23.8. The first-order chi connectivity index (χ1) is 19.2. The van der Waals surface area contributed by atoms with Crippen LogP contribution in [0.25, 0.3) is 5.57 Å². The van der Waals surface area contributed by atoms with Crippen LogP contribution in [0.1, 0.15) is 54.6 Å². The minimum absolute atomic E-state index is 0.00922. The maximum absolute atomic E-state index is 11.6. The van der Waals surface area contributed by atoms with Crippen LogP contribution < -0.4 is 4.74 Å². The van der Waals surface area contributed by atoms with Gasteiger partial charge in [-0.3, -0.25) is 14.7 Å². The number of carboxylic acid groups (broad SMARTS) is 1. The number of likely N-dealkylation sites (tertiary alicyclic amines) is 1. The third kappa shape index (κ3) is 6.73. The normalized spacial score (nSPS) is 18.3. The number of fused-ring (bicyclic) bond motifs is 2. The fourth-order valence-electron chi connectivity index (χ4n) is 5.57. The summed E-state index contributed by atoms with van der Waals surface area (Å²) in [6, 6.07) is 17.7. The second-order valence-electron chi connectivity index (χ2n) is 11.1. The number of carbonyl (C=O) groups is 1. The van der Waals surface area contributed by atoms with Crippen molar-refractivity contribution in [2.45, 2.75) is 51.5 Å². The Kier molecular flexibility index (Phi) is 8.57. The molecule has 0 bridgehead atoms. The van der Waals surface area contributed by atoms with E-state index in [2.05, 4.69) is 26.9 Å². The molecule has 3 aromatic rings. The molecule has 1 aromatic heterocycles. The number of carboxylic acids is 1. The smallest absolute Gasteiger partial charge is 0.317 e. The monoisotopic (exact) mass is 561 g/mol. The van der Waals surface area contributed by atoms with Crippen molar-refractivity contribution in [2.24, 2.45) is 0 Å². The van der Waals surface area contributed by atoms with Gasteiger partial charge in [0, 0.05) is 48.0 Å². The van der Waals surface area contributed by atoms with Crippen LogP contribution in [-0.4, -0.2) is 63.2 Å². The molecule has 8 heteroatoms. The first kappa shape index (κ1) is 28.3. The van der Waals surface area contributed by atoms with Crippen LogP contribution in [0.5, 0.6) is 5.75 Å². The van der Waals surface area contributed by atoms with E-state index in [9.17, 15) is 15.0 Å². The molecular weight excluding hydrogens is 526 g/mol. The molecule has 7 nitrogen and oxygen atoms in total. The summed E-state index contributed by atoms with van der Waals surface area (Å²) >= 11 is 6.04. The van der Waals surface area contributed by atoms with E-state index >= 15 is 0 Å². The van der Waals surface area contributed by atoms with E-state index in [-0.39, 0.29) is 12.6 Å². The largest absolute Gasteiger partial charge is 0.487 e. The quantitative estimate of drug-likeness (QED) is 0.365. The van der Waals surface area contributed by atoms with Crippen LogP contribution in [0.15, 0.2) is 66.9 Å². The molecule has 0 saturated carbocycles. The van der Waals surface area contributed by atoms with Crippen LogP contribution in [0.4, 0.5) is 0 Å². The van der Waals surface area contributed by atoms with Gasteiger partial charge in [-0.1, -0.05) is 41.9 Å². The van der Waals surface area contributed by atoms with Crippen molar-refractivity contribution in [1.29, 1.82) is 0 Å². The molecule has 0 aliphatic carbocycles. The lowest BCUT2D eigenvalue weighted by atomic mass is 9.90. The molecule has 1 fully saturated rings.